The minimum Gasteiger partial charge on any atom is -0.493 e. The molecule has 1 aliphatic carbocycles. The number of fused-ring (bicyclic) bond motifs is 1. The Labute approximate surface area is 175 Å². The van der Waals surface area contributed by atoms with Crippen molar-refractivity contribution in [2.24, 2.45) is 5.92 Å². The summed E-state index contributed by atoms with van der Waals surface area (Å²) in [6.07, 6.45) is 8.10. The number of likely N-dealkylation sites (tertiary alicyclic amines) is 1. The van der Waals surface area contributed by atoms with Crippen LogP contribution in [0.1, 0.15) is 43.2 Å². The van der Waals surface area contributed by atoms with Gasteiger partial charge in [0.2, 0.25) is 0 Å². The van der Waals surface area contributed by atoms with Crippen molar-refractivity contribution in [3.63, 3.8) is 0 Å². The first-order valence-electron chi connectivity index (χ1n) is 10.1. The molecule has 2 aliphatic heterocycles. The summed E-state index contributed by atoms with van der Waals surface area (Å²) in [5, 5.41) is 14.0. The van der Waals surface area contributed by atoms with E-state index >= 15 is 0 Å². The molecule has 1 unspecified atom stereocenters. The molecule has 0 bridgehead atoms. The van der Waals surface area contributed by atoms with Gasteiger partial charge in [-0.25, -0.2) is 0 Å². The van der Waals surface area contributed by atoms with E-state index in [4.69, 9.17) is 4.74 Å². The molecule has 6 heteroatoms. The molecule has 2 heterocycles. The molecule has 27 heavy (non-hydrogen) atoms. The maximum absolute atomic E-state index is 10.7. The zero-order valence-corrected chi connectivity index (χ0v) is 17.8. The molecule has 4 nitrogen and oxygen atoms in total. The summed E-state index contributed by atoms with van der Waals surface area (Å²) in [6, 6.07) is 6.65. The number of β-amino-alcohol motifs (C(OH)–C–C–N with tert-alkyl or cyclic N) is 1. The van der Waals surface area contributed by atoms with Crippen LogP contribution >= 0.6 is 24.8 Å². The van der Waals surface area contributed by atoms with E-state index in [1.54, 1.807) is 0 Å². The van der Waals surface area contributed by atoms with Crippen molar-refractivity contribution in [3.8, 4) is 5.75 Å². The number of aliphatic hydroxyl groups is 1. The molecule has 1 aromatic carbocycles. The van der Waals surface area contributed by atoms with Crippen LogP contribution in [0.5, 0.6) is 5.75 Å². The lowest BCUT2D eigenvalue weighted by molar-refractivity contribution is -0.0238. The number of nitrogens with one attached hydrogen (secondary N) is 1. The summed E-state index contributed by atoms with van der Waals surface area (Å²) in [5.74, 6) is 1.69. The van der Waals surface area contributed by atoms with Gasteiger partial charge in [0, 0.05) is 13.1 Å². The Morgan fingerprint density at radius 2 is 1.89 bits per heavy atom. The van der Waals surface area contributed by atoms with Crippen LogP contribution < -0.4 is 10.1 Å². The molecular formula is C21H34Cl2N2O2. The minimum absolute atomic E-state index is 0. The Morgan fingerprint density at radius 3 is 2.63 bits per heavy atom. The van der Waals surface area contributed by atoms with Gasteiger partial charge in [0.05, 0.1) is 12.2 Å². The summed E-state index contributed by atoms with van der Waals surface area (Å²) in [5.41, 5.74) is 2.48. The highest BCUT2D eigenvalue weighted by atomic mass is 35.5. The number of nitrogens with zero attached hydrogens (tertiary/aromatic N) is 1. The number of hydrogen-bond donors (Lipinski definition) is 2. The molecule has 4 rings (SSSR count). The van der Waals surface area contributed by atoms with Crippen LogP contribution in [-0.2, 0) is 12.8 Å². The lowest BCUT2D eigenvalue weighted by Gasteiger charge is -2.40. The highest BCUT2D eigenvalue weighted by molar-refractivity contribution is 5.85. The number of rotatable bonds is 5. The lowest BCUT2D eigenvalue weighted by atomic mass is 9.91. The zero-order valence-electron chi connectivity index (χ0n) is 16.1. The van der Waals surface area contributed by atoms with E-state index in [-0.39, 0.29) is 24.8 Å². The van der Waals surface area contributed by atoms with Crippen molar-refractivity contribution in [3.05, 3.63) is 29.3 Å². The fourth-order valence-electron chi connectivity index (χ4n) is 4.67. The summed E-state index contributed by atoms with van der Waals surface area (Å²) in [6.45, 7) is 5.61. The second kappa shape index (κ2) is 10.3. The first kappa shape index (κ1) is 22.8. The molecule has 0 radical (unpaired) electrons. The molecule has 0 saturated carbocycles. The molecule has 2 fully saturated rings. The SMILES string of the molecule is Cl.Cl.OC1(CN2CCC(COc3ccc4c(c3)CCC4)CC2)CCCNC1. The van der Waals surface area contributed by atoms with Crippen molar-refractivity contribution in [2.75, 3.05) is 39.3 Å². The predicted molar refractivity (Wildman–Crippen MR) is 115 cm³/mol. The summed E-state index contributed by atoms with van der Waals surface area (Å²) in [7, 11) is 0. The van der Waals surface area contributed by atoms with Gasteiger partial charge in [0.15, 0.2) is 0 Å². The molecule has 2 N–H and O–H groups in total. The fraction of sp³-hybridized carbons (Fsp3) is 0.714. The number of ether oxygens (including phenoxy) is 1. The summed E-state index contributed by atoms with van der Waals surface area (Å²) < 4.78 is 6.10. The molecule has 1 aromatic rings. The van der Waals surface area contributed by atoms with Crippen molar-refractivity contribution >= 4 is 24.8 Å². The first-order valence-corrected chi connectivity index (χ1v) is 10.1. The Balaban J connectivity index is 0.00000131. The third-order valence-electron chi connectivity index (χ3n) is 6.23. The molecule has 154 valence electrons. The van der Waals surface area contributed by atoms with Crippen LogP contribution in [-0.4, -0.2) is 54.9 Å². The highest BCUT2D eigenvalue weighted by Crippen LogP contribution is 2.27. The van der Waals surface area contributed by atoms with Crippen LogP contribution in [0.15, 0.2) is 18.2 Å². The lowest BCUT2D eigenvalue weighted by Crippen LogP contribution is -2.54. The largest absolute Gasteiger partial charge is 0.493 e. The zero-order chi connectivity index (χ0) is 17.1. The summed E-state index contributed by atoms with van der Waals surface area (Å²) >= 11 is 0. The number of piperidine rings is 2. The topological polar surface area (TPSA) is 44.7 Å². The van der Waals surface area contributed by atoms with Crippen LogP contribution in [0.4, 0.5) is 0 Å². The normalized spacial score (nSPS) is 26.0. The average Bonchev–Trinajstić information content (AvgIpc) is 3.09. The Hall–Kier alpha value is -0.520. The van der Waals surface area contributed by atoms with Gasteiger partial charge in [-0.2, -0.15) is 0 Å². The van der Waals surface area contributed by atoms with Crippen LogP contribution in [0.2, 0.25) is 0 Å². The van der Waals surface area contributed by atoms with Crippen LogP contribution in [0.25, 0.3) is 0 Å². The van der Waals surface area contributed by atoms with Crippen molar-refractivity contribution in [1.82, 2.24) is 10.2 Å². The van der Waals surface area contributed by atoms with Crippen molar-refractivity contribution in [2.45, 2.75) is 50.5 Å². The average molecular weight is 417 g/mol. The van der Waals surface area contributed by atoms with E-state index in [0.29, 0.717) is 5.92 Å². The van der Waals surface area contributed by atoms with E-state index < -0.39 is 5.60 Å². The molecule has 0 spiro atoms. The van der Waals surface area contributed by atoms with Gasteiger partial charge < -0.3 is 20.1 Å². The molecule has 2 saturated heterocycles. The van der Waals surface area contributed by atoms with Gasteiger partial charge in [-0.1, -0.05) is 6.07 Å². The predicted octanol–water partition coefficient (Wildman–Crippen LogP) is 3.22. The molecule has 0 amide bonds. The van der Waals surface area contributed by atoms with Crippen LogP contribution in [0.3, 0.4) is 0 Å². The molecule has 0 aromatic heterocycles. The number of hydrogen-bond acceptors (Lipinski definition) is 4. The second-order valence-electron chi connectivity index (χ2n) is 8.32. The quantitative estimate of drug-likeness (QED) is 0.772. The Kier molecular flexibility index (Phi) is 8.70. The fourth-order valence-corrected chi connectivity index (χ4v) is 4.67. The van der Waals surface area contributed by atoms with Gasteiger partial charge in [-0.15, -0.1) is 24.8 Å². The smallest absolute Gasteiger partial charge is 0.119 e. The van der Waals surface area contributed by atoms with Gasteiger partial charge in [-0.3, -0.25) is 0 Å². The van der Waals surface area contributed by atoms with Crippen molar-refractivity contribution in [1.29, 1.82) is 0 Å². The number of halogens is 2. The third-order valence-corrected chi connectivity index (χ3v) is 6.23. The first-order chi connectivity index (χ1) is 12.2. The number of aryl methyl sites for hydroxylation is 2. The van der Waals surface area contributed by atoms with Crippen LogP contribution in [0, 0.1) is 5.92 Å². The van der Waals surface area contributed by atoms with Crippen molar-refractivity contribution < 1.29 is 9.84 Å². The Bertz CT molecular complexity index is 586. The maximum Gasteiger partial charge on any atom is 0.119 e. The number of benzene rings is 1. The van der Waals surface area contributed by atoms with E-state index in [0.717, 1.165) is 57.9 Å². The summed E-state index contributed by atoms with van der Waals surface area (Å²) in [4.78, 5) is 2.44. The highest BCUT2D eigenvalue weighted by Gasteiger charge is 2.32. The van der Waals surface area contributed by atoms with E-state index in [9.17, 15) is 5.11 Å². The second-order valence-corrected chi connectivity index (χ2v) is 8.32. The minimum atomic E-state index is -0.522. The van der Waals surface area contributed by atoms with Gasteiger partial charge in [0.1, 0.15) is 5.75 Å². The standard InChI is InChI=1S/C21H32N2O2.2ClH/c24-21(9-2-10-22-15-21)16-23-11-7-17(8-12-23)14-25-20-6-5-18-3-1-4-19(18)13-20;;/h5-6,13,17,22,24H,1-4,7-12,14-16H2;2*1H. The van der Waals surface area contributed by atoms with Gasteiger partial charge in [-0.05, 0) is 93.8 Å². The van der Waals surface area contributed by atoms with E-state index in [1.165, 1.54) is 43.2 Å². The van der Waals surface area contributed by atoms with Gasteiger partial charge in [0.25, 0.3) is 0 Å². The van der Waals surface area contributed by atoms with E-state index in [1.807, 2.05) is 0 Å². The third kappa shape index (κ3) is 5.98. The van der Waals surface area contributed by atoms with Gasteiger partial charge >= 0.3 is 0 Å². The Morgan fingerprint density at radius 1 is 1.11 bits per heavy atom. The molecular weight excluding hydrogens is 383 g/mol. The van der Waals surface area contributed by atoms with E-state index in [2.05, 4.69) is 28.4 Å². The molecule has 1 atom stereocenters. The molecule has 3 aliphatic rings. The maximum atomic E-state index is 10.7. The monoisotopic (exact) mass is 416 g/mol.